The number of hydrogen-bond donors (Lipinski definition) is 1. The Labute approximate surface area is 168 Å². The molecule has 6 nitrogen and oxygen atoms in total. The Kier molecular flexibility index (Phi) is 5.94. The van der Waals surface area contributed by atoms with Gasteiger partial charge in [-0.15, -0.1) is 0 Å². The minimum atomic E-state index is -0.318. The van der Waals surface area contributed by atoms with Gasteiger partial charge in [0.1, 0.15) is 0 Å². The fourth-order valence-electron chi connectivity index (χ4n) is 2.75. The largest absolute Gasteiger partial charge is 0.493 e. The van der Waals surface area contributed by atoms with Gasteiger partial charge in [0.15, 0.2) is 11.5 Å². The summed E-state index contributed by atoms with van der Waals surface area (Å²) in [4.78, 5) is 26.5. The lowest BCUT2D eigenvalue weighted by Gasteiger charge is -2.15. The van der Waals surface area contributed by atoms with Crippen molar-refractivity contribution in [1.82, 2.24) is 4.90 Å². The Hall–Kier alpha value is -2.93. The standard InChI is InChI=1S/C21H22N2O4S/c1-13-5-7-16(9-14(13)2)22-12-23-20(24)19(28-21(23)25)11-15-6-8-17(26-3)18(10-15)27-4/h5-11,22H,12H2,1-4H3. The normalized spacial score (nSPS) is 15.3. The lowest BCUT2D eigenvalue weighted by atomic mass is 10.1. The fraction of sp³-hybridized carbons (Fsp3) is 0.238. The maximum Gasteiger partial charge on any atom is 0.295 e. The van der Waals surface area contributed by atoms with Crippen LogP contribution >= 0.6 is 11.8 Å². The summed E-state index contributed by atoms with van der Waals surface area (Å²) < 4.78 is 10.5. The molecule has 0 aromatic heterocycles. The van der Waals surface area contributed by atoms with E-state index in [0.29, 0.717) is 16.4 Å². The number of carbonyl (C=O) groups is 2. The van der Waals surface area contributed by atoms with Gasteiger partial charge in [0, 0.05) is 5.69 Å². The number of carbonyl (C=O) groups excluding carboxylic acids is 2. The molecule has 2 aromatic rings. The number of nitrogens with zero attached hydrogens (tertiary/aromatic N) is 1. The smallest absolute Gasteiger partial charge is 0.295 e. The molecule has 2 aromatic carbocycles. The van der Waals surface area contributed by atoms with Gasteiger partial charge >= 0.3 is 0 Å². The predicted molar refractivity (Wildman–Crippen MR) is 112 cm³/mol. The number of rotatable bonds is 6. The van der Waals surface area contributed by atoms with Crippen molar-refractivity contribution in [2.45, 2.75) is 13.8 Å². The highest BCUT2D eigenvalue weighted by Crippen LogP contribution is 2.34. The third-order valence-electron chi connectivity index (χ3n) is 4.53. The van der Waals surface area contributed by atoms with E-state index in [1.807, 2.05) is 38.1 Å². The van der Waals surface area contributed by atoms with Gasteiger partial charge in [-0.3, -0.25) is 14.5 Å². The van der Waals surface area contributed by atoms with E-state index >= 15 is 0 Å². The molecule has 1 aliphatic rings. The van der Waals surface area contributed by atoms with Crippen LogP contribution in [0.4, 0.5) is 10.5 Å². The molecule has 0 aliphatic carbocycles. The Bertz CT molecular complexity index is 955. The third kappa shape index (κ3) is 4.14. The van der Waals surface area contributed by atoms with Crippen molar-refractivity contribution in [1.29, 1.82) is 0 Å². The first kappa shape index (κ1) is 19.8. The van der Waals surface area contributed by atoms with Crippen LogP contribution < -0.4 is 14.8 Å². The van der Waals surface area contributed by atoms with Crippen molar-refractivity contribution in [3.05, 3.63) is 58.0 Å². The highest BCUT2D eigenvalue weighted by atomic mass is 32.2. The van der Waals surface area contributed by atoms with Crippen LogP contribution in [0.3, 0.4) is 0 Å². The van der Waals surface area contributed by atoms with Crippen LogP contribution in [0.25, 0.3) is 6.08 Å². The lowest BCUT2D eigenvalue weighted by Crippen LogP contribution is -2.33. The van der Waals surface area contributed by atoms with Gasteiger partial charge in [0.05, 0.1) is 25.8 Å². The molecule has 146 valence electrons. The van der Waals surface area contributed by atoms with Crippen molar-refractivity contribution in [3.8, 4) is 11.5 Å². The minimum Gasteiger partial charge on any atom is -0.493 e. The summed E-state index contributed by atoms with van der Waals surface area (Å²) >= 11 is 0.927. The van der Waals surface area contributed by atoms with Crippen molar-refractivity contribution in [2.75, 3.05) is 26.2 Å². The highest BCUT2D eigenvalue weighted by Gasteiger charge is 2.34. The number of hydrogen-bond acceptors (Lipinski definition) is 6. The van der Waals surface area contributed by atoms with Gasteiger partial charge in [-0.1, -0.05) is 12.1 Å². The molecule has 0 radical (unpaired) electrons. The first-order valence-electron chi connectivity index (χ1n) is 8.71. The van der Waals surface area contributed by atoms with E-state index < -0.39 is 0 Å². The number of amides is 2. The molecule has 0 spiro atoms. The summed E-state index contributed by atoms with van der Waals surface area (Å²) in [6.07, 6.45) is 1.68. The van der Waals surface area contributed by atoms with E-state index in [2.05, 4.69) is 5.32 Å². The Morgan fingerprint density at radius 3 is 2.43 bits per heavy atom. The summed E-state index contributed by atoms with van der Waals surface area (Å²) in [5, 5.41) is 2.84. The maximum atomic E-state index is 12.7. The first-order chi connectivity index (χ1) is 13.4. The van der Waals surface area contributed by atoms with Gasteiger partial charge in [0.25, 0.3) is 11.1 Å². The second-order valence-electron chi connectivity index (χ2n) is 6.36. The second kappa shape index (κ2) is 8.39. The quantitative estimate of drug-likeness (QED) is 0.726. The number of anilines is 1. The van der Waals surface area contributed by atoms with Crippen LogP contribution in [0.15, 0.2) is 41.3 Å². The topological polar surface area (TPSA) is 67.9 Å². The molecule has 28 heavy (non-hydrogen) atoms. The molecule has 3 rings (SSSR count). The monoisotopic (exact) mass is 398 g/mol. The molecule has 0 atom stereocenters. The number of aryl methyl sites for hydroxylation is 2. The van der Waals surface area contributed by atoms with Gasteiger partial charge in [-0.25, -0.2) is 0 Å². The number of imide groups is 1. The zero-order chi connectivity index (χ0) is 20.3. The molecular formula is C21H22N2O4S. The molecule has 1 heterocycles. The van der Waals surface area contributed by atoms with Gasteiger partial charge in [-0.2, -0.15) is 0 Å². The van der Waals surface area contributed by atoms with E-state index in [4.69, 9.17) is 9.47 Å². The average molecular weight is 398 g/mol. The zero-order valence-electron chi connectivity index (χ0n) is 16.2. The Balaban J connectivity index is 1.74. The second-order valence-corrected chi connectivity index (χ2v) is 7.35. The molecule has 2 amide bonds. The third-order valence-corrected chi connectivity index (χ3v) is 5.43. The Morgan fingerprint density at radius 2 is 1.75 bits per heavy atom. The zero-order valence-corrected chi connectivity index (χ0v) is 17.1. The van der Waals surface area contributed by atoms with Crippen LogP contribution in [0.2, 0.25) is 0 Å². The molecule has 1 aliphatic heterocycles. The number of ether oxygens (including phenoxy) is 2. The number of nitrogens with one attached hydrogen (secondary N) is 1. The fourth-order valence-corrected chi connectivity index (χ4v) is 3.59. The van der Waals surface area contributed by atoms with Crippen molar-refractivity contribution in [3.63, 3.8) is 0 Å². The molecule has 0 saturated carbocycles. The Morgan fingerprint density at radius 1 is 1.00 bits per heavy atom. The molecule has 1 N–H and O–H groups in total. The van der Waals surface area contributed by atoms with Crippen LogP contribution in [-0.4, -0.2) is 36.9 Å². The average Bonchev–Trinajstić information content (AvgIpc) is 2.95. The summed E-state index contributed by atoms with van der Waals surface area (Å²) in [5.41, 5.74) is 3.96. The van der Waals surface area contributed by atoms with E-state index in [1.54, 1.807) is 32.4 Å². The van der Waals surface area contributed by atoms with E-state index in [1.165, 1.54) is 10.5 Å². The van der Waals surface area contributed by atoms with Gasteiger partial charge < -0.3 is 14.8 Å². The predicted octanol–water partition coefficient (Wildman–Crippen LogP) is 4.43. The summed E-state index contributed by atoms with van der Waals surface area (Å²) in [5.74, 6) is 0.846. The van der Waals surface area contributed by atoms with Crippen molar-refractivity contribution < 1.29 is 19.1 Å². The molecule has 0 bridgehead atoms. The first-order valence-corrected chi connectivity index (χ1v) is 9.53. The van der Waals surface area contributed by atoms with Crippen LogP contribution in [0.1, 0.15) is 16.7 Å². The van der Waals surface area contributed by atoms with Crippen molar-refractivity contribution in [2.24, 2.45) is 0 Å². The van der Waals surface area contributed by atoms with Crippen LogP contribution in [-0.2, 0) is 4.79 Å². The van der Waals surface area contributed by atoms with Gasteiger partial charge in [-0.05, 0) is 72.6 Å². The number of benzene rings is 2. The molecule has 7 heteroatoms. The number of methoxy groups -OCH3 is 2. The SMILES string of the molecule is COc1ccc(C=C2SC(=O)N(CNc3ccc(C)c(C)c3)C2=O)cc1OC. The summed E-state index contributed by atoms with van der Waals surface area (Å²) in [6, 6.07) is 11.3. The van der Waals surface area contributed by atoms with E-state index in [0.717, 1.165) is 28.6 Å². The van der Waals surface area contributed by atoms with E-state index in [9.17, 15) is 9.59 Å². The maximum absolute atomic E-state index is 12.7. The molecule has 1 fully saturated rings. The van der Waals surface area contributed by atoms with Crippen LogP contribution in [0, 0.1) is 13.8 Å². The lowest BCUT2D eigenvalue weighted by molar-refractivity contribution is -0.122. The van der Waals surface area contributed by atoms with E-state index in [-0.39, 0.29) is 17.8 Å². The van der Waals surface area contributed by atoms with Gasteiger partial charge in [0.2, 0.25) is 0 Å². The highest BCUT2D eigenvalue weighted by molar-refractivity contribution is 8.18. The molecule has 1 saturated heterocycles. The summed E-state index contributed by atoms with van der Waals surface area (Å²) in [7, 11) is 3.11. The van der Waals surface area contributed by atoms with Crippen molar-refractivity contribution >= 4 is 34.7 Å². The number of thioether (sulfide) groups is 1. The van der Waals surface area contributed by atoms with Crippen LogP contribution in [0.5, 0.6) is 11.5 Å². The molecule has 0 unspecified atom stereocenters. The summed E-state index contributed by atoms with van der Waals surface area (Å²) in [6.45, 7) is 4.18. The minimum absolute atomic E-state index is 0.121. The molecular weight excluding hydrogens is 376 g/mol.